The maximum Gasteiger partial charge on any atom is 0.0343 e. The molecule has 0 aromatic heterocycles. The summed E-state index contributed by atoms with van der Waals surface area (Å²) in [5.41, 5.74) is 7.53. The van der Waals surface area contributed by atoms with Crippen molar-refractivity contribution >= 4 is 5.69 Å². The molecule has 0 unspecified atom stereocenters. The van der Waals surface area contributed by atoms with E-state index in [4.69, 9.17) is 5.73 Å². The highest BCUT2D eigenvalue weighted by molar-refractivity contribution is 5.44. The first-order valence-electron chi connectivity index (χ1n) is 4.53. The average molecular weight is 165 g/mol. The Hall–Kier alpha value is -0.980. The van der Waals surface area contributed by atoms with Gasteiger partial charge in [-0.1, -0.05) is 44.9 Å². The van der Waals surface area contributed by atoms with Gasteiger partial charge in [0, 0.05) is 5.69 Å². The number of para-hydroxylation sites is 1. The van der Waals surface area contributed by atoms with Gasteiger partial charge in [0.15, 0.2) is 0 Å². The van der Waals surface area contributed by atoms with Gasteiger partial charge in [-0.25, -0.2) is 0 Å². The smallest absolute Gasteiger partial charge is 0.0343 e. The van der Waals surface area contributed by atoms with Crippen LogP contribution in [0, 0.1) is 6.92 Å². The molecule has 1 aromatic rings. The molecule has 0 fully saturated rings. The maximum atomic E-state index is 5.52. The molecular formula is C11H19N. The van der Waals surface area contributed by atoms with Crippen LogP contribution in [-0.4, -0.2) is 0 Å². The minimum Gasteiger partial charge on any atom is -0.399 e. The molecule has 0 atom stereocenters. The largest absolute Gasteiger partial charge is 0.399 e. The van der Waals surface area contributed by atoms with E-state index in [1.807, 2.05) is 31.2 Å². The third kappa shape index (κ3) is 4.78. The number of aryl methyl sites for hydroxylation is 1. The summed E-state index contributed by atoms with van der Waals surface area (Å²) >= 11 is 0. The molecule has 0 spiro atoms. The molecular weight excluding hydrogens is 146 g/mol. The number of nitrogens with two attached hydrogens (primary N) is 1. The molecule has 0 saturated carbocycles. The van der Waals surface area contributed by atoms with Crippen molar-refractivity contribution in [2.45, 2.75) is 33.6 Å². The molecule has 0 aliphatic heterocycles. The predicted molar refractivity (Wildman–Crippen MR) is 56.2 cm³/mol. The maximum absolute atomic E-state index is 5.52. The van der Waals surface area contributed by atoms with Gasteiger partial charge < -0.3 is 5.73 Å². The van der Waals surface area contributed by atoms with Crippen LogP contribution in [0.25, 0.3) is 0 Å². The van der Waals surface area contributed by atoms with E-state index < -0.39 is 0 Å². The summed E-state index contributed by atoms with van der Waals surface area (Å²) in [4.78, 5) is 0. The lowest BCUT2D eigenvalue weighted by molar-refractivity contribution is 0.886. The molecule has 1 heteroatoms. The third-order valence-electron chi connectivity index (χ3n) is 1.69. The standard InChI is InChI=1S/C7H9N.C4H10/c1-6-4-2-3-5-7(6)8;1-3-4-2/h2-5H,8H2,1H3;3-4H2,1-2H3. The fourth-order valence-electron chi connectivity index (χ4n) is 0.587. The summed E-state index contributed by atoms with van der Waals surface area (Å²) in [6.07, 6.45) is 2.64. The summed E-state index contributed by atoms with van der Waals surface area (Å²) in [6.45, 7) is 6.36. The summed E-state index contributed by atoms with van der Waals surface area (Å²) in [7, 11) is 0. The highest BCUT2D eigenvalue weighted by Gasteiger charge is 1.84. The summed E-state index contributed by atoms with van der Waals surface area (Å²) < 4.78 is 0. The number of unbranched alkanes of at least 4 members (excludes halogenated alkanes) is 1. The monoisotopic (exact) mass is 165 g/mol. The zero-order chi connectivity index (χ0) is 9.40. The van der Waals surface area contributed by atoms with Crippen LogP contribution in [0.1, 0.15) is 32.3 Å². The van der Waals surface area contributed by atoms with E-state index in [-0.39, 0.29) is 0 Å². The highest BCUT2D eigenvalue weighted by atomic mass is 14.5. The Morgan fingerprint density at radius 2 is 1.58 bits per heavy atom. The molecule has 1 nitrogen and oxygen atoms in total. The second-order valence-electron chi connectivity index (χ2n) is 2.86. The Balaban J connectivity index is 0.000000261. The second kappa shape index (κ2) is 6.71. The fourth-order valence-corrected chi connectivity index (χ4v) is 0.587. The van der Waals surface area contributed by atoms with Crippen LogP contribution < -0.4 is 5.73 Å². The first-order chi connectivity index (χ1) is 5.72. The molecule has 0 radical (unpaired) electrons. The zero-order valence-corrected chi connectivity index (χ0v) is 8.30. The van der Waals surface area contributed by atoms with E-state index in [0.29, 0.717) is 0 Å². The number of hydrogen-bond donors (Lipinski definition) is 1. The molecule has 12 heavy (non-hydrogen) atoms. The first-order valence-corrected chi connectivity index (χ1v) is 4.53. The molecule has 1 rings (SSSR count). The fraction of sp³-hybridized carbons (Fsp3) is 0.455. The van der Waals surface area contributed by atoms with Gasteiger partial charge in [-0.2, -0.15) is 0 Å². The Morgan fingerprint density at radius 3 is 1.83 bits per heavy atom. The van der Waals surface area contributed by atoms with Gasteiger partial charge in [-0.15, -0.1) is 0 Å². The summed E-state index contributed by atoms with van der Waals surface area (Å²) in [6, 6.07) is 7.80. The van der Waals surface area contributed by atoms with E-state index in [1.165, 1.54) is 12.8 Å². The lowest BCUT2D eigenvalue weighted by atomic mass is 10.2. The quantitative estimate of drug-likeness (QED) is 0.634. The lowest BCUT2D eigenvalue weighted by Crippen LogP contribution is -1.85. The molecule has 68 valence electrons. The van der Waals surface area contributed by atoms with E-state index in [9.17, 15) is 0 Å². The van der Waals surface area contributed by atoms with Crippen molar-refractivity contribution in [2.75, 3.05) is 5.73 Å². The van der Waals surface area contributed by atoms with Gasteiger partial charge in [0.2, 0.25) is 0 Å². The first kappa shape index (κ1) is 11.0. The van der Waals surface area contributed by atoms with Gasteiger partial charge in [0.25, 0.3) is 0 Å². The number of hydrogen-bond acceptors (Lipinski definition) is 1. The SMILES string of the molecule is CCCC.Cc1ccccc1N. The second-order valence-corrected chi connectivity index (χ2v) is 2.86. The van der Waals surface area contributed by atoms with Gasteiger partial charge in [0.05, 0.1) is 0 Å². The minimum atomic E-state index is 0.868. The van der Waals surface area contributed by atoms with Crippen molar-refractivity contribution in [3.05, 3.63) is 29.8 Å². The third-order valence-corrected chi connectivity index (χ3v) is 1.69. The Morgan fingerprint density at radius 1 is 1.08 bits per heavy atom. The number of anilines is 1. The van der Waals surface area contributed by atoms with Crippen molar-refractivity contribution in [1.29, 1.82) is 0 Å². The van der Waals surface area contributed by atoms with Crippen molar-refractivity contribution in [1.82, 2.24) is 0 Å². The molecule has 0 heterocycles. The summed E-state index contributed by atoms with van der Waals surface area (Å²) in [5, 5.41) is 0. The minimum absolute atomic E-state index is 0.868. The molecule has 1 aromatic carbocycles. The van der Waals surface area contributed by atoms with Crippen molar-refractivity contribution in [3.63, 3.8) is 0 Å². The van der Waals surface area contributed by atoms with Crippen molar-refractivity contribution in [2.24, 2.45) is 0 Å². The topological polar surface area (TPSA) is 26.0 Å². The van der Waals surface area contributed by atoms with Crippen LogP contribution in [-0.2, 0) is 0 Å². The van der Waals surface area contributed by atoms with Gasteiger partial charge in [-0.05, 0) is 18.6 Å². The normalized spacial score (nSPS) is 8.58. The molecule has 0 bridgehead atoms. The molecule has 0 saturated heterocycles. The Bertz CT molecular complexity index is 183. The van der Waals surface area contributed by atoms with Crippen molar-refractivity contribution in [3.8, 4) is 0 Å². The lowest BCUT2D eigenvalue weighted by Gasteiger charge is -1.93. The Kier molecular flexibility index (Phi) is 6.16. The van der Waals surface area contributed by atoms with Crippen LogP contribution in [0.5, 0.6) is 0 Å². The van der Waals surface area contributed by atoms with Gasteiger partial charge in [0.1, 0.15) is 0 Å². The summed E-state index contributed by atoms with van der Waals surface area (Å²) in [5.74, 6) is 0. The molecule has 0 aliphatic carbocycles. The zero-order valence-electron chi connectivity index (χ0n) is 8.30. The van der Waals surface area contributed by atoms with E-state index in [0.717, 1.165) is 11.3 Å². The molecule has 0 aliphatic rings. The number of nitrogen functional groups attached to an aromatic ring is 1. The Labute approximate surface area is 75.6 Å². The van der Waals surface area contributed by atoms with Crippen LogP contribution in [0.3, 0.4) is 0 Å². The van der Waals surface area contributed by atoms with Crippen LogP contribution in [0.15, 0.2) is 24.3 Å². The predicted octanol–water partition coefficient (Wildman–Crippen LogP) is 3.38. The van der Waals surface area contributed by atoms with Gasteiger partial charge in [-0.3, -0.25) is 0 Å². The van der Waals surface area contributed by atoms with Crippen molar-refractivity contribution < 1.29 is 0 Å². The van der Waals surface area contributed by atoms with Crippen LogP contribution in [0.4, 0.5) is 5.69 Å². The van der Waals surface area contributed by atoms with E-state index >= 15 is 0 Å². The highest BCUT2D eigenvalue weighted by Crippen LogP contribution is 2.06. The molecule has 0 amide bonds. The van der Waals surface area contributed by atoms with Crippen LogP contribution >= 0.6 is 0 Å². The van der Waals surface area contributed by atoms with E-state index in [2.05, 4.69) is 13.8 Å². The van der Waals surface area contributed by atoms with Crippen LogP contribution in [0.2, 0.25) is 0 Å². The molecule has 2 N–H and O–H groups in total. The number of benzene rings is 1. The average Bonchev–Trinajstić information content (AvgIpc) is 2.11. The van der Waals surface area contributed by atoms with Gasteiger partial charge >= 0.3 is 0 Å². The number of rotatable bonds is 1. The van der Waals surface area contributed by atoms with E-state index in [1.54, 1.807) is 0 Å².